The van der Waals surface area contributed by atoms with Gasteiger partial charge in [-0.2, -0.15) is 0 Å². The van der Waals surface area contributed by atoms with E-state index in [9.17, 15) is 18.0 Å². The molecule has 1 saturated heterocycles. The van der Waals surface area contributed by atoms with Crippen LogP contribution in [0.4, 0.5) is 16.3 Å². The predicted octanol–water partition coefficient (Wildman–Crippen LogP) is 7.20. The average Bonchev–Trinajstić information content (AvgIpc) is 3.01. The number of carbonyl (C=O) groups excluding carboxylic acids is 2. The molecule has 4 aromatic rings. The summed E-state index contributed by atoms with van der Waals surface area (Å²) in [6.07, 6.45) is 1.38. The molecule has 11 nitrogen and oxygen atoms in total. The molecule has 0 atom stereocenters. The van der Waals surface area contributed by atoms with Crippen LogP contribution in [0.15, 0.2) is 71.8 Å². The third-order valence-electron chi connectivity index (χ3n) is 7.38. The number of fused-ring (bicyclic) bond motifs is 1. The predicted molar refractivity (Wildman–Crippen MR) is 192 cm³/mol. The van der Waals surface area contributed by atoms with Crippen LogP contribution in [-0.2, 0) is 24.3 Å². The van der Waals surface area contributed by atoms with Gasteiger partial charge >= 0.3 is 12.1 Å². The monoisotopic (exact) mass is 727 g/mol. The molecule has 1 amide bonds. The molecular formula is C35H39Cl2N5O6S. The van der Waals surface area contributed by atoms with Crippen LogP contribution in [0.3, 0.4) is 0 Å². The number of halogens is 2. The standard InChI is InChI=1S/C35H39Cl2N5O6S/c1-34(2,3)47-31(43)22-42(49(45,46)29-20-26(36)19-27(37)21-29)28-10-9-23-17-25(8-7-24(23)18-28)32-38-12-11-30(39-32)40-13-15-41(16-14-40)33(44)48-35(4,5)6/h7-12,17-21H,13-16,22H2,1-6H3. The van der Waals surface area contributed by atoms with Gasteiger partial charge in [-0.15, -0.1) is 0 Å². The summed E-state index contributed by atoms with van der Waals surface area (Å²) in [7, 11) is -4.29. The first-order chi connectivity index (χ1) is 22.9. The van der Waals surface area contributed by atoms with Gasteiger partial charge in [-0.1, -0.05) is 41.4 Å². The molecule has 0 bridgehead atoms. The first kappa shape index (κ1) is 36.2. The summed E-state index contributed by atoms with van der Waals surface area (Å²) in [5.41, 5.74) is -0.355. The zero-order chi connectivity index (χ0) is 35.7. The highest BCUT2D eigenvalue weighted by molar-refractivity contribution is 7.92. The van der Waals surface area contributed by atoms with E-state index in [4.69, 9.17) is 37.7 Å². The Morgan fingerprint density at radius 3 is 2.06 bits per heavy atom. The van der Waals surface area contributed by atoms with Gasteiger partial charge in [0.1, 0.15) is 23.6 Å². The Hall–Kier alpha value is -4.13. The van der Waals surface area contributed by atoms with Crippen LogP contribution in [0.25, 0.3) is 22.2 Å². The number of hydrogen-bond acceptors (Lipinski definition) is 9. The number of aromatic nitrogens is 2. The van der Waals surface area contributed by atoms with Crippen molar-refractivity contribution in [3.63, 3.8) is 0 Å². The third-order valence-corrected chi connectivity index (χ3v) is 9.57. The lowest BCUT2D eigenvalue weighted by Crippen LogP contribution is -2.50. The van der Waals surface area contributed by atoms with Crippen molar-refractivity contribution in [2.75, 3.05) is 41.9 Å². The molecule has 1 aliphatic rings. The molecule has 1 fully saturated rings. The second-order valence-corrected chi connectivity index (χ2v) is 16.4. The molecule has 0 N–H and O–H groups in total. The number of esters is 1. The molecule has 1 aliphatic heterocycles. The van der Waals surface area contributed by atoms with E-state index in [-0.39, 0.29) is 26.7 Å². The number of ether oxygens (including phenoxy) is 2. The van der Waals surface area contributed by atoms with Crippen LogP contribution in [-0.4, -0.2) is 79.3 Å². The molecule has 260 valence electrons. The van der Waals surface area contributed by atoms with Crippen LogP contribution < -0.4 is 9.21 Å². The third kappa shape index (κ3) is 9.11. The highest BCUT2D eigenvalue weighted by Crippen LogP contribution is 2.32. The van der Waals surface area contributed by atoms with Crippen LogP contribution in [0, 0.1) is 0 Å². The zero-order valence-corrected chi connectivity index (χ0v) is 30.6. The van der Waals surface area contributed by atoms with Gasteiger partial charge in [0.15, 0.2) is 5.82 Å². The zero-order valence-electron chi connectivity index (χ0n) is 28.2. The van der Waals surface area contributed by atoms with Crippen LogP contribution in [0.5, 0.6) is 0 Å². The lowest BCUT2D eigenvalue weighted by atomic mass is 10.1. The molecule has 0 aliphatic carbocycles. The summed E-state index contributed by atoms with van der Waals surface area (Å²) in [6.45, 7) is 12.3. The minimum Gasteiger partial charge on any atom is -0.459 e. The number of rotatable bonds is 7. The maximum absolute atomic E-state index is 13.9. The number of carbonyl (C=O) groups is 2. The minimum absolute atomic E-state index is 0.142. The fraction of sp³-hybridized carbons (Fsp3) is 0.371. The number of hydrogen-bond donors (Lipinski definition) is 0. The van der Waals surface area contributed by atoms with Crippen molar-refractivity contribution in [2.24, 2.45) is 0 Å². The second-order valence-electron chi connectivity index (χ2n) is 13.6. The quantitative estimate of drug-likeness (QED) is 0.182. The highest BCUT2D eigenvalue weighted by atomic mass is 35.5. The Morgan fingerprint density at radius 1 is 0.816 bits per heavy atom. The first-order valence-electron chi connectivity index (χ1n) is 15.7. The summed E-state index contributed by atoms with van der Waals surface area (Å²) in [6, 6.07) is 16.6. The molecule has 0 unspecified atom stereocenters. The number of anilines is 2. The van der Waals surface area contributed by atoms with Gasteiger partial charge < -0.3 is 19.3 Å². The molecule has 5 rings (SSSR count). The van der Waals surface area contributed by atoms with Crippen molar-refractivity contribution >= 4 is 67.6 Å². The Bertz CT molecular complexity index is 1970. The maximum Gasteiger partial charge on any atom is 0.410 e. The highest BCUT2D eigenvalue weighted by Gasteiger charge is 2.31. The van der Waals surface area contributed by atoms with E-state index < -0.39 is 33.7 Å². The van der Waals surface area contributed by atoms with E-state index >= 15 is 0 Å². The maximum atomic E-state index is 13.9. The van der Waals surface area contributed by atoms with Crippen LogP contribution in [0.2, 0.25) is 10.0 Å². The summed E-state index contributed by atoms with van der Waals surface area (Å²) < 4.78 is 39.8. The summed E-state index contributed by atoms with van der Waals surface area (Å²) in [5, 5.41) is 1.82. The van der Waals surface area contributed by atoms with E-state index in [1.807, 2.05) is 45.0 Å². The number of benzene rings is 3. The molecule has 0 radical (unpaired) electrons. The Morgan fingerprint density at radius 2 is 1.43 bits per heavy atom. The first-order valence-corrected chi connectivity index (χ1v) is 17.9. The van der Waals surface area contributed by atoms with Crippen molar-refractivity contribution in [1.82, 2.24) is 14.9 Å². The Kier molecular flexibility index (Phi) is 10.3. The lowest BCUT2D eigenvalue weighted by Gasteiger charge is -2.36. The number of piperazine rings is 1. The average molecular weight is 729 g/mol. The van der Waals surface area contributed by atoms with Gasteiger partial charge in [-0.3, -0.25) is 9.10 Å². The Balaban J connectivity index is 1.40. The summed E-state index contributed by atoms with van der Waals surface area (Å²) in [5.74, 6) is 0.543. The smallest absolute Gasteiger partial charge is 0.410 e. The fourth-order valence-corrected chi connectivity index (χ4v) is 7.38. The topological polar surface area (TPSA) is 122 Å². The molecule has 0 spiro atoms. The number of sulfonamides is 1. The van der Waals surface area contributed by atoms with Gasteiger partial charge in [0, 0.05) is 48.0 Å². The molecule has 49 heavy (non-hydrogen) atoms. The molecule has 2 heterocycles. The lowest BCUT2D eigenvalue weighted by molar-refractivity contribution is -0.152. The molecule has 0 saturated carbocycles. The molecular weight excluding hydrogens is 689 g/mol. The van der Waals surface area contributed by atoms with Crippen molar-refractivity contribution in [3.8, 4) is 11.4 Å². The summed E-state index contributed by atoms with van der Waals surface area (Å²) in [4.78, 5) is 38.4. The van der Waals surface area contributed by atoms with Crippen molar-refractivity contribution < 1.29 is 27.5 Å². The SMILES string of the molecule is CC(C)(C)OC(=O)CN(c1ccc2cc(-c3nccc(N4CCN(C(=O)OC(C)(C)C)CC4)n3)ccc2c1)S(=O)(=O)c1cc(Cl)cc(Cl)c1. The van der Waals surface area contributed by atoms with E-state index in [0.29, 0.717) is 32.0 Å². The van der Waals surface area contributed by atoms with E-state index in [0.717, 1.165) is 26.5 Å². The molecule has 1 aromatic heterocycles. The van der Waals surface area contributed by atoms with Gasteiger partial charge in [0.05, 0.1) is 10.6 Å². The second kappa shape index (κ2) is 14.0. The van der Waals surface area contributed by atoms with Crippen LogP contribution >= 0.6 is 23.2 Å². The van der Waals surface area contributed by atoms with Crippen molar-refractivity contribution in [1.29, 1.82) is 0 Å². The van der Waals surface area contributed by atoms with E-state index in [2.05, 4.69) is 9.88 Å². The van der Waals surface area contributed by atoms with Gasteiger partial charge in [0.2, 0.25) is 0 Å². The van der Waals surface area contributed by atoms with Gasteiger partial charge in [0.25, 0.3) is 10.0 Å². The normalized spacial score (nSPS) is 14.1. The largest absolute Gasteiger partial charge is 0.459 e. The minimum atomic E-state index is -4.29. The van der Waals surface area contributed by atoms with Crippen LogP contribution in [0.1, 0.15) is 41.5 Å². The summed E-state index contributed by atoms with van der Waals surface area (Å²) >= 11 is 12.3. The Labute approximate surface area is 296 Å². The van der Waals surface area contributed by atoms with Gasteiger partial charge in [-0.05, 0) is 94.8 Å². The van der Waals surface area contributed by atoms with Gasteiger partial charge in [-0.25, -0.2) is 23.2 Å². The van der Waals surface area contributed by atoms with E-state index in [1.54, 1.807) is 50.1 Å². The number of amides is 1. The van der Waals surface area contributed by atoms with E-state index in [1.165, 1.54) is 18.2 Å². The fourth-order valence-electron chi connectivity index (χ4n) is 5.25. The molecule has 3 aromatic carbocycles. The number of nitrogens with zero attached hydrogens (tertiary/aromatic N) is 5. The molecule has 14 heteroatoms. The van der Waals surface area contributed by atoms with Crippen molar-refractivity contribution in [3.05, 3.63) is 76.9 Å². The van der Waals surface area contributed by atoms with Crippen molar-refractivity contribution in [2.45, 2.75) is 57.6 Å².